The van der Waals surface area contributed by atoms with E-state index in [0.717, 1.165) is 60.6 Å². The van der Waals surface area contributed by atoms with Crippen LogP contribution < -0.4 is 0 Å². The second-order valence-electron chi connectivity index (χ2n) is 11.4. The predicted molar refractivity (Wildman–Crippen MR) is 196 cm³/mol. The molecular weight excluding hydrogens is 571 g/mol. The van der Waals surface area contributed by atoms with Gasteiger partial charge in [-0.3, -0.25) is 9.55 Å². The van der Waals surface area contributed by atoms with Crippen LogP contribution in [-0.4, -0.2) is 14.5 Å². The Balaban J connectivity index is 1.39. The quantitative estimate of drug-likeness (QED) is 0.183. The lowest BCUT2D eigenvalue weighted by atomic mass is 9.83. The minimum atomic E-state index is -0.437. The number of hydrogen-bond donors (Lipinski definition) is 0. The molecule has 0 radical (unpaired) electrons. The lowest BCUT2D eigenvalue weighted by Gasteiger charge is -2.21. The van der Waals surface area contributed by atoms with Crippen LogP contribution >= 0.6 is 0 Å². The van der Waals surface area contributed by atoms with Crippen molar-refractivity contribution in [2.24, 2.45) is 0 Å². The van der Waals surface area contributed by atoms with E-state index in [9.17, 15) is 0 Å². The van der Waals surface area contributed by atoms with Crippen molar-refractivity contribution in [3.8, 4) is 50.6 Å². The summed E-state index contributed by atoms with van der Waals surface area (Å²) in [5, 5.41) is 4.25. The van der Waals surface area contributed by atoms with Gasteiger partial charge in [-0.25, -0.2) is 4.98 Å². The Kier molecular flexibility index (Phi) is 5.32. The fourth-order valence-corrected chi connectivity index (χ4v) is 6.84. The SMILES string of the molecule is [2H]c1c([2H])c([2H])c(-n2c(-c3ccccc3-c3c4ccccc4c(-c4ccccc4-c4ccccn4)c4ccccc34)nc3ccccc32)c([2H])c1[2H]. The second kappa shape index (κ2) is 11.2. The maximum absolute atomic E-state index is 8.94. The molecule has 2 heterocycles. The number of aromatic nitrogens is 3. The van der Waals surface area contributed by atoms with Crippen molar-refractivity contribution in [1.29, 1.82) is 0 Å². The number of nitrogens with zero attached hydrogens (tertiary/aromatic N) is 3. The van der Waals surface area contributed by atoms with E-state index in [1.54, 1.807) is 4.57 Å². The zero-order chi connectivity index (χ0) is 35.5. The molecule has 0 atom stereocenters. The largest absolute Gasteiger partial charge is 0.292 e. The fraction of sp³-hybridized carbons (Fsp3) is 0. The van der Waals surface area contributed by atoms with Crippen LogP contribution in [0.2, 0.25) is 0 Å². The first kappa shape index (κ1) is 22.2. The summed E-state index contributed by atoms with van der Waals surface area (Å²) in [7, 11) is 0. The highest BCUT2D eigenvalue weighted by Gasteiger charge is 2.23. The molecular formula is C44H29N3. The van der Waals surface area contributed by atoms with Gasteiger partial charge in [0.25, 0.3) is 0 Å². The number of hydrogen-bond acceptors (Lipinski definition) is 2. The number of pyridine rings is 1. The smallest absolute Gasteiger partial charge is 0.146 e. The molecule has 0 saturated carbocycles. The molecule has 7 aromatic carbocycles. The first-order valence-electron chi connectivity index (χ1n) is 18.0. The maximum atomic E-state index is 8.94. The Morgan fingerprint density at radius 3 is 1.60 bits per heavy atom. The summed E-state index contributed by atoms with van der Waals surface area (Å²) < 4.78 is 44.8. The molecule has 0 saturated heterocycles. The van der Waals surface area contributed by atoms with Crippen molar-refractivity contribution in [3.63, 3.8) is 0 Å². The van der Waals surface area contributed by atoms with Crippen LogP contribution in [0.1, 0.15) is 6.85 Å². The normalized spacial score (nSPS) is 12.9. The molecule has 3 heteroatoms. The minimum Gasteiger partial charge on any atom is -0.292 e. The van der Waals surface area contributed by atoms with Gasteiger partial charge in [0, 0.05) is 23.0 Å². The maximum Gasteiger partial charge on any atom is 0.146 e. The van der Waals surface area contributed by atoms with Gasteiger partial charge in [-0.05, 0) is 80.1 Å². The van der Waals surface area contributed by atoms with E-state index in [0.29, 0.717) is 16.9 Å². The van der Waals surface area contributed by atoms with E-state index in [1.807, 2.05) is 72.9 Å². The Bertz CT molecular complexity index is 2780. The van der Waals surface area contributed by atoms with Gasteiger partial charge in [0.1, 0.15) is 5.82 Å². The topological polar surface area (TPSA) is 30.7 Å². The van der Waals surface area contributed by atoms with Crippen LogP contribution in [0.3, 0.4) is 0 Å². The van der Waals surface area contributed by atoms with Gasteiger partial charge in [-0.2, -0.15) is 0 Å². The third-order valence-corrected chi connectivity index (χ3v) is 8.78. The molecule has 0 aliphatic heterocycles. The van der Waals surface area contributed by atoms with E-state index >= 15 is 0 Å². The summed E-state index contributed by atoms with van der Waals surface area (Å²) in [4.78, 5) is 9.81. The lowest BCUT2D eigenvalue weighted by molar-refractivity contribution is 1.10. The number of fused-ring (bicyclic) bond motifs is 3. The molecule has 220 valence electrons. The third kappa shape index (κ3) is 4.44. The molecule has 0 bridgehead atoms. The average Bonchev–Trinajstić information content (AvgIpc) is 3.58. The highest BCUT2D eigenvalue weighted by atomic mass is 15.1. The molecule has 0 aliphatic rings. The highest BCUT2D eigenvalue weighted by Crippen LogP contribution is 2.47. The molecule has 3 nitrogen and oxygen atoms in total. The van der Waals surface area contributed by atoms with Crippen molar-refractivity contribution >= 4 is 32.6 Å². The first-order chi connectivity index (χ1) is 25.4. The van der Waals surface area contributed by atoms with Crippen LogP contribution in [0.15, 0.2) is 176 Å². The number of benzene rings is 7. The summed E-state index contributed by atoms with van der Waals surface area (Å²) in [6.45, 7) is 0. The van der Waals surface area contributed by atoms with Crippen molar-refractivity contribution in [1.82, 2.24) is 14.5 Å². The van der Waals surface area contributed by atoms with Crippen molar-refractivity contribution in [2.45, 2.75) is 0 Å². The van der Waals surface area contributed by atoms with Crippen LogP contribution in [0.5, 0.6) is 0 Å². The van der Waals surface area contributed by atoms with E-state index in [4.69, 9.17) is 16.8 Å². The molecule has 0 aliphatic carbocycles. The minimum absolute atomic E-state index is 0.0562. The van der Waals surface area contributed by atoms with Gasteiger partial charge in [0.2, 0.25) is 0 Å². The first-order valence-corrected chi connectivity index (χ1v) is 15.5. The monoisotopic (exact) mass is 604 g/mol. The van der Waals surface area contributed by atoms with Crippen LogP contribution in [0.25, 0.3) is 83.2 Å². The van der Waals surface area contributed by atoms with Crippen molar-refractivity contribution in [2.75, 3.05) is 0 Å². The van der Waals surface area contributed by atoms with Gasteiger partial charge in [0.05, 0.1) is 23.6 Å². The number of para-hydroxylation sites is 3. The second-order valence-corrected chi connectivity index (χ2v) is 11.4. The van der Waals surface area contributed by atoms with Crippen LogP contribution in [0, 0.1) is 0 Å². The molecule has 0 unspecified atom stereocenters. The van der Waals surface area contributed by atoms with Gasteiger partial charge in [-0.1, -0.05) is 133 Å². The Morgan fingerprint density at radius 2 is 0.979 bits per heavy atom. The molecule has 0 N–H and O–H groups in total. The zero-order valence-electron chi connectivity index (χ0n) is 30.2. The van der Waals surface area contributed by atoms with Crippen molar-refractivity contribution in [3.05, 3.63) is 176 Å². The third-order valence-electron chi connectivity index (χ3n) is 8.78. The average molecular weight is 605 g/mol. The van der Waals surface area contributed by atoms with Crippen LogP contribution in [0.4, 0.5) is 0 Å². The Labute approximate surface area is 280 Å². The molecule has 47 heavy (non-hydrogen) atoms. The summed E-state index contributed by atoms with van der Waals surface area (Å²) >= 11 is 0. The lowest BCUT2D eigenvalue weighted by Crippen LogP contribution is -1.99. The van der Waals surface area contributed by atoms with E-state index in [-0.39, 0.29) is 17.8 Å². The van der Waals surface area contributed by atoms with Gasteiger partial charge in [0.15, 0.2) is 0 Å². The summed E-state index contributed by atoms with van der Waals surface area (Å²) in [5.41, 5.74) is 8.16. The molecule has 9 rings (SSSR count). The standard InChI is InChI=1S/C44H29N3/c1-2-16-30(17-3-1)47-41-28-13-12-27-40(41)46-44(47)38-25-11-10-24-37(38)43-35-22-8-6-20-33(35)42(34-21-7-9-23-36(34)43)32-19-5-4-18-31(32)39-26-14-15-29-45-39/h1-29H/i1D,2D,3D,16D,17D. The van der Waals surface area contributed by atoms with Gasteiger partial charge < -0.3 is 0 Å². The van der Waals surface area contributed by atoms with Crippen LogP contribution in [-0.2, 0) is 0 Å². The van der Waals surface area contributed by atoms with E-state index in [1.165, 1.54) is 0 Å². The highest BCUT2D eigenvalue weighted by molar-refractivity contribution is 6.23. The Morgan fingerprint density at radius 1 is 0.468 bits per heavy atom. The molecule has 0 fully saturated rings. The zero-order valence-corrected chi connectivity index (χ0v) is 25.2. The fourth-order valence-electron chi connectivity index (χ4n) is 6.84. The Hall–Kier alpha value is -6.32. The number of rotatable bonds is 5. The predicted octanol–water partition coefficient (Wildman–Crippen LogP) is 11.4. The number of imidazole rings is 1. The van der Waals surface area contributed by atoms with Crippen molar-refractivity contribution < 1.29 is 6.85 Å². The summed E-state index contributed by atoms with van der Waals surface area (Å²) in [6, 6.07) is 45.0. The van der Waals surface area contributed by atoms with Gasteiger partial charge in [-0.15, -0.1) is 0 Å². The molecule has 0 amide bonds. The molecule has 2 aromatic heterocycles. The summed E-state index contributed by atoms with van der Waals surface area (Å²) in [5.74, 6) is 0.480. The summed E-state index contributed by atoms with van der Waals surface area (Å²) in [6.07, 6.45) is 1.82. The molecule has 9 aromatic rings. The van der Waals surface area contributed by atoms with E-state index in [2.05, 4.69) is 72.8 Å². The van der Waals surface area contributed by atoms with Gasteiger partial charge >= 0.3 is 0 Å². The van der Waals surface area contributed by atoms with E-state index < -0.39 is 18.1 Å². The molecule has 0 spiro atoms.